The third-order valence-corrected chi connectivity index (χ3v) is 3.07. The molecular formula is C13H12IN3O3. The van der Waals surface area contributed by atoms with Crippen LogP contribution in [0.5, 0.6) is 11.6 Å². The third-order valence-electron chi connectivity index (χ3n) is 2.40. The van der Waals surface area contributed by atoms with Crippen molar-refractivity contribution in [1.82, 2.24) is 9.97 Å². The highest BCUT2D eigenvalue weighted by atomic mass is 127. The zero-order valence-electron chi connectivity index (χ0n) is 10.9. The maximum atomic E-state index is 11.2. The van der Waals surface area contributed by atoms with Crippen LogP contribution in [-0.2, 0) is 0 Å². The first-order valence-corrected chi connectivity index (χ1v) is 6.76. The Labute approximate surface area is 129 Å². The average molecular weight is 385 g/mol. The Morgan fingerprint density at radius 2 is 2.10 bits per heavy atom. The standard InChI is InChI=1S/C13H12IN3O3/c1-17(2)13-15-6-5-11(16-13)20-10-4-3-8(14)7-9(10)12(18)19/h3-7H,1-2H3,(H,18,19). The van der Waals surface area contributed by atoms with Gasteiger partial charge in [-0.3, -0.25) is 0 Å². The van der Waals surface area contributed by atoms with Crippen LogP contribution in [0, 0.1) is 3.57 Å². The van der Waals surface area contributed by atoms with Crippen LogP contribution in [0.3, 0.4) is 0 Å². The molecule has 0 aliphatic heterocycles. The van der Waals surface area contributed by atoms with E-state index in [0.717, 1.165) is 3.57 Å². The van der Waals surface area contributed by atoms with Crippen molar-refractivity contribution in [3.8, 4) is 11.6 Å². The van der Waals surface area contributed by atoms with Crippen molar-refractivity contribution in [3.05, 3.63) is 39.6 Å². The Kier molecular flexibility index (Phi) is 4.38. The van der Waals surface area contributed by atoms with Crippen LogP contribution in [0.4, 0.5) is 5.95 Å². The van der Waals surface area contributed by atoms with Gasteiger partial charge in [0.2, 0.25) is 11.8 Å². The molecule has 0 unspecified atom stereocenters. The second-order valence-corrected chi connectivity index (χ2v) is 5.38. The molecule has 6 nitrogen and oxygen atoms in total. The summed E-state index contributed by atoms with van der Waals surface area (Å²) in [5.74, 6) is -0.000905. The molecule has 1 heterocycles. The van der Waals surface area contributed by atoms with E-state index in [1.54, 1.807) is 35.4 Å². The highest BCUT2D eigenvalue weighted by Gasteiger charge is 2.13. The quantitative estimate of drug-likeness (QED) is 0.816. The molecule has 2 rings (SSSR count). The second-order valence-electron chi connectivity index (χ2n) is 4.14. The predicted molar refractivity (Wildman–Crippen MR) is 82.6 cm³/mol. The number of aromatic carboxylic acids is 1. The van der Waals surface area contributed by atoms with Gasteiger partial charge < -0.3 is 14.7 Å². The summed E-state index contributed by atoms with van der Waals surface area (Å²) in [7, 11) is 3.62. The molecule has 1 N–H and O–H groups in total. The lowest BCUT2D eigenvalue weighted by Crippen LogP contribution is -2.12. The van der Waals surface area contributed by atoms with Crippen molar-refractivity contribution in [1.29, 1.82) is 0 Å². The van der Waals surface area contributed by atoms with Gasteiger partial charge in [0.1, 0.15) is 11.3 Å². The normalized spacial score (nSPS) is 10.2. The minimum atomic E-state index is -1.04. The number of carboxylic acid groups (broad SMARTS) is 1. The van der Waals surface area contributed by atoms with Crippen molar-refractivity contribution in [2.45, 2.75) is 0 Å². The van der Waals surface area contributed by atoms with E-state index in [4.69, 9.17) is 4.74 Å². The van der Waals surface area contributed by atoms with Gasteiger partial charge in [0.05, 0.1) is 0 Å². The zero-order chi connectivity index (χ0) is 14.7. The van der Waals surface area contributed by atoms with Gasteiger partial charge in [0.15, 0.2) is 0 Å². The molecule has 2 aromatic rings. The topological polar surface area (TPSA) is 75.6 Å². The van der Waals surface area contributed by atoms with Crippen LogP contribution in [-0.4, -0.2) is 35.1 Å². The lowest BCUT2D eigenvalue weighted by atomic mass is 10.2. The fourth-order valence-corrected chi connectivity index (χ4v) is 1.97. The molecule has 0 saturated heterocycles. The summed E-state index contributed by atoms with van der Waals surface area (Å²) in [4.78, 5) is 21.2. The van der Waals surface area contributed by atoms with Crippen molar-refractivity contribution in [3.63, 3.8) is 0 Å². The van der Waals surface area contributed by atoms with Gasteiger partial charge in [0.25, 0.3) is 0 Å². The molecule has 1 aromatic heterocycles. The van der Waals surface area contributed by atoms with E-state index in [9.17, 15) is 9.90 Å². The number of carboxylic acids is 1. The van der Waals surface area contributed by atoms with E-state index in [1.165, 1.54) is 0 Å². The molecule has 0 radical (unpaired) electrons. The van der Waals surface area contributed by atoms with Crippen molar-refractivity contribution >= 4 is 34.5 Å². The lowest BCUT2D eigenvalue weighted by Gasteiger charge is -2.12. The van der Waals surface area contributed by atoms with Gasteiger partial charge in [-0.2, -0.15) is 4.98 Å². The molecule has 0 atom stereocenters. The van der Waals surface area contributed by atoms with Crippen LogP contribution in [0.1, 0.15) is 10.4 Å². The van der Waals surface area contributed by atoms with Crippen LogP contribution in [0.2, 0.25) is 0 Å². The fraction of sp³-hybridized carbons (Fsp3) is 0.154. The Morgan fingerprint density at radius 3 is 2.75 bits per heavy atom. The summed E-state index contributed by atoms with van der Waals surface area (Å²) in [5.41, 5.74) is 0.0990. The van der Waals surface area contributed by atoms with E-state index in [0.29, 0.717) is 11.8 Å². The molecule has 0 saturated carbocycles. The Balaban J connectivity index is 2.35. The summed E-state index contributed by atoms with van der Waals surface area (Å²) < 4.78 is 6.38. The average Bonchev–Trinajstić information content (AvgIpc) is 2.41. The number of anilines is 1. The van der Waals surface area contributed by atoms with Crippen molar-refractivity contribution in [2.75, 3.05) is 19.0 Å². The van der Waals surface area contributed by atoms with Gasteiger partial charge in [-0.05, 0) is 40.8 Å². The van der Waals surface area contributed by atoms with E-state index in [-0.39, 0.29) is 11.3 Å². The summed E-state index contributed by atoms with van der Waals surface area (Å²) in [5, 5.41) is 9.19. The number of rotatable bonds is 4. The van der Waals surface area contributed by atoms with Crippen molar-refractivity contribution < 1.29 is 14.6 Å². The van der Waals surface area contributed by atoms with Gasteiger partial charge in [0, 0.05) is 29.9 Å². The van der Waals surface area contributed by atoms with E-state index in [2.05, 4.69) is 9.97 Å². The number of halogens is 1. The highest BCUT2D eigenvalue weighted by Crippen LogP contribution is 2.26. The second kappa shape index (κ2) is 6.04. The first kappa shape index (κ1) is 14.5. The monoisotopic (exact) mass is 385 g/mol. The van der Waals surface area contributed by atoms with Crippen LogP contribution in [0.15, 0.2) is 30.5 Å². The van der Waals surface area contributed by atoms with E-state index < -0.39 is 5.97 Å². The molecule has 0 aliphatic rings. The maximum absolute atomic E-state index is 11.2. The molecule has 104 valence electrons. The van der Waals surface area contributed by atoms with E-state index in [1.807, 2.05) is 36.7 Å². The molecule has 0 fully saturated rings. The summed E-state index contributed by atoms with van der Waals surface area (Å²) in [6, 6.07) is 6.52. The predicted octanol–water partition coefficient (Wildman–Crippen LogP) is 2.64. The van der Waals surface area contributed by atoms with Gasteiger partial charge >= 0.3 is 5.97 Å². The number of carbonyl (C=O) groups is 1. The lowest BCUT2D eigenvalue weighted by molar-refractivity contribution is 0.0694. The summed E-state index contributed by atoms with van der Waals surface area (Å²) in [6.45, 7) is 0. The van der Waals surface area contributed by atoms with E-state index >= 15 is 0 Å². The number of hydrogen-bond donors (Lipinski definition) is 1. The van der Waals surface area contributed by atoms with Crippen LogP contribution in [0.25, 0.3) is 0 Å². The number of ether oxygens (including phenoxy) is 1. The fourth-order valence-electron chi connectivity index (χ4n) is 1.48. The van der Waals surface area contributed by atoms with Crippen LogP contribution >= 0.6 is 22.6 Å². The largest absolute Gasteiger partial charge is 0.478 e. The molecular weight excluding hydrogens is 373 g/mol. The third kappa shape index (κ3) is 3.35. The molecule has 20 heavy (non-hydrogen) atoms. The molecule has 0 aliphatic carbocycles. The molecule has 7 heteroatoms. The zero-order valence-corrected chi connectivity index (χ0v) is 13.0. The van der Waals surface area contributed by atoms with Crippen molar-refractivity contribution in [2.24, 2.45) is 0 Å². The molecule has 0 spiro atoms. The maximum Gasteiger partial charge on any atom is 0.339 e. The van der Waals surface area contributed by atoms with Gasteiger partial charge in [-0.25, -0.2) is 9.78 Å². The number of nitrogens with zero attached hydrogens (tertiary/aromatic N) is 3. The summed E-state index contributed by atoms with van der Waals surface area (Å²) in [6.07, 6.45) is 1.56. The summed E-state index contributed by atoms with van der Waals surface area (Å²) >= 11 is 2.05. The van der Waals surface area contributed by atoms with Gasteiger partial charge in [-0.1, -0.05) is 0 Å². The smallest absolute Gasteiger partial charge is 0.339 e. The number of hydrogen-bond acceptors (Lipinski definition) is 5. The SMILES string of the molecule is CN(C)c1nccc(Oc2ccc(I)cc2C(=O)O)n1. The molecule has 0 amide bonds. The van der Waals surface area contributed by atoms with Gasteiger partial charge in [-0.15, -0.1) is 0 Å². The Bertz CT molecular complexity index is 647. The van der Waals surface area contributed by atoms with Crippen LogP contribution < -0.4 is 9.64 Å². The molecule has 1 aromatic carbocycles. The Morgan fingerprint density at radius 1 is 1.35 bits per heavy atom. The first-order valence-electron chi connectivity index (χ1n) is 5.68. The first-order chi connectivity index (χ1) is 9.47. The number of aromatic nitrogens is 2. The minimum Gasteiger partial charge on any atom is -0.478 e. The minimum absolute atomic E-state index is 0.0990. The highest BCUT2D eigenvalue weighted by molar-refractivity contribution is 14.1. The Hall–Kier alpha value is -1.90. The molecule has 0 bridgehead atoms. The number of benzene rings is 1.